The van der Waals surface area contributed by atoms with Crippen molar-refractivity contribution in [2.45, 2.75) is 64.8 Å². The highest BCUT2D eigenvalue weighted by atomic mass is 79.9. The maximum atomic E-state index is 14.4. The Hall–Kier alpha value is -6.92. The zero-order valence-corrected chi connectivity index (χ0v) is 37.4. The average Bonchev–Trinajstić information content (AvgIpc) is 3.98. The molecule has 0 saturated carbocycles. The second-order valence-electron chi connectivity index (χ2n) is 16.7. The van der Waals surface area contributed by atoms with Crippen LogP contribution in [0.3, 0.4) is 0 Å². The molecule has 5 aromatic heterocycles. The van der Waals surface area contributed by atoms with E-state index in [2.05, 4.69) is 83.7 Å². The molecule has 2 saturated heterocycles. The van der Waals surface area contributed by atoms with Gasteiger partial charge in [-0.05, 0) is 104 Å². The Balaban J connectivity index is 0.889. The van der Waals surface area contributed by atoms with E-state index in [1.807, 2.05) is 77.2 Å². The SMILES string of the molecule is C=C(Cn1c(CNc2nc(N3C[C@@H](C)N[C@@H](C)C3)nc3c(Br)cnn23)nc2cc(C)ccc21)C(=O)N1CCC[C@@H](n2nc(-c3ccc(Oc4ccccc4)cc3)c3c(N)ncnc32)C1. The number of hydrogen-bond donors (Lipinski definition) is 3. The van der Waals surface area contributed by atoms with Crippen molar-refractivity contribution in [1.29, 1.82) is 0 Å². The number of carbonyl (C=O) groups is 1. The van der Waals surface area contributed by atoms with E-state index in [4.69, 9.17) is 30.5 Å². The fourth-order valence-corrected chi connectivity index (χ4v) is 9.27. The van der Waals surface area contributed by atoms with Gasteiger partial charge in [-0.1, -0.05) is 30.8 Å². The van der Waals surface area contributed by atoms with Crippen LogP contribution >= 0.6 is 15.9 Å². The molecule has 0 unspecified atom stereocenters. The number of piperazine rings is 1. The second kappa shape index (κ2) is 17.0. The fourth-order valence-electron chi connectivity index (χ4n) is 8.92. The number of likely N-dealkylation sites (tertiary alicyclic amines) is 1. The van der Waals surface area contributed by atoms with Crippen LogP contribution in [0.1, 0.15) is 44.1 Å². The maximum Gasteiger partial charge on any atom is 0.251 e. The number of benzene rings is 3. The summed E-state index contributed by atoms with van der Waals surface area (Å²) in [4.78, 5) is 42.4. The van der Waals surface area contributed by atoms with Crippen LogP contribution in [0.15, 0.2) is 102 Å². The molecule has 18 heteroatoms. The lowest BCUT2D eigenvalue weighted by atomic mass is 10.0. The van der Waals surface area contributed by atoms with Gasteiger partial charge in [0, 0.05) is 49.4 Å². The van der Waals surface area contributed by atoms with Crippen molar-refractivity contribution < 1.29 is 9.53 Å². The van der Waals surface area contributed by atoms with Crippen molar-refractivity contribution in [2.24, 2.45) is 0 Å². The number of ether oxygens (including phenoxy) is 1. The number of aromatic nitrogens is 10. The molecule has 2 aliphatic heterocycles. The first kappa shape index (κ1) is 41.1. The third-order valence-corrected chi connectivity index (χ3v) is 12.4. The number of piperidine rings is 1. The Bertz CT molecular complexity index is 3030. The van der Waals surface area contributed by atoms with Gasteiger partial charge in [0.2, 0.25) is 11.9 Å². The number of anilines is 3. The molecule has 17 nitrogen and oxygen atoms in total. The highest BCUT2D eigenvalue weighted by Crippen LogP contribution is 2.35. The molecule has 64 heavy (non-hydrogen) atoms. The number of rotatable bonds is 11. The number of amides is 1. The van der Waals surface area contributed by atoms with E-state index in [9.17, 15) is 4.79 Å². The Morgan fingerprint density at radius 1 is 0.969 bits per heavy atom. The Morgan fingerprint density at radius 2 is 1.75 bits per heavy atom. The van der Waals surface area contributed by atoms with Crippen molar-refractivity contribution in [1.82, 2.24) is 59.1 Å². The van der Waals surface area contributed by atoms with E-state index in [1.165, 1.54) is 6.33 Å². The largest absolute Gasteiger partial charge is 0.457 e. The molecule has 2 fully saturated rings. The van der Waals surface area contributed by atoms with Crippen molar-refractivity contribution in [2.75, 3.05) is 42.1 Å². The van der Waals surface area contributed by atoms with Gasteiger partial charge in [-0.25, -0.2) is 19.6 Å². The quantitative estimate of drug-likeness (QED) is 0.113. The molecule has 7 heterocycles. The molecule has 0 aliphatic carbocycles. The van der Waals surface area contributed by atoms with Crippen LogP contribution in [0, 0.1) is 6.92 Å². The third kappa shape index (κ3) is 7.98. The summed E-state index contributed by atoms with van der Waals surface area (Å²) in [5.41, 5.74) is 12.6. The summed E-state index contributed by atoms with van der Waals surface area (Å²) in [5, 5.41) is 17.4. The van der Waals surface area contributed by atoms with Gasteiger partial charge >= 0.3 is 0 Å². The molecule has 1 amide bonds. The normalized spacial score (nSPS) is 18.0. The first-order valence-corrected chi connectivity index (χ1v) is 22.3. The summed E-state index contributed by atoms with van der Waals surface area (Å²) in [6.45, 7) is 13.9. The van der Waals surface area contributed by atoms with E-state index >= 15 is 0 Å². The smallest absolute Gasteiger partial charge is 0.251 e. The first-order valence-electron chi connectivity index (χ1n) is 21.5. The summed E-state index contributed by atoms with van der Waals surface area (Å²) < 4.78 is 12.5. The minimum absolute atomic E-state index is 0.125. The minimum Gasteiger partial charge on any atom is -0.457 e. The lowest BCUT2D eigenvalue weighted by Gasteiger charge is -2.36. The molecule has 4 N–H and O–H groups in total. The van der Waals surface area contributed by atoms with Crippen LogP contribution in [-0.2, 0) is 17.9 Å². The number of carbonyl (C=O) groups excluding carboxylic acids is 1. The fraction of sp³-hybridized carbons (Fsp3) is 0.304. The number of halogens is 1. The average molecular weight is 923 g/mol. The predicted molar refractivity (Wildman–Crippen MR) is 250 cm³/mol. The van der Waals surface area contributed by atoms with Crippen LogP contribution in [0.25, 0.3) is 39.0 Å². The molecule has 8 aromatic rings. The first-order chi connectivity index (χ1) is 31.1. The molecular weight excluding hydrogens is 875 g/mol. The molecule has 10 rings (SSSR count). The van der Waals surface area contributed by atoms with Gasteiger partial charge in [0.25, 0.3) is 5.91 Å². The zero-order chi connectivity index (χ0) is 44.1. The summed E-state index contributed by atoms with van der Waals surface area (Å²) in [6, 6.07) is 23.9. The molecule has 326 valence electrons. The number of nitrogens with two attached hydrogens (primary N) is 1. The highest BCUT2D eigenvalue weighted by Gasteiger charge is 2.31. The van der Waals surface area contributed by atoms with Crippen LogP contribution in [0.5, 0.6) is 11.5 Å². The Kier molecular flexibility index (Phi) is 10.9. The van der Waals surface area contributed by atoms with Crippen molar-refractivity contribution >= 4 is 67.3 Å². The topological polar surface area (TPSA) is 187 Å². The van der Waals surface area contributed by atoms with Gasteiger partial charge in [0.15, 0.2) is 11.3 Å². The Morgan fingerprint density at radius 3 is 2.55 bits per heavy atom. The molecule has 3 aromatic carbocycles. The van der Waals surface area contributed by atoms with Gasteiger partial charge in [-0.3, -0.25) is 4.79 Å². The standard InChI is InChI=1S/C46H48BrN15O2/c1-27-12-17-37-36(19-27)54-38(21-49-45-56-46(55-42-35(47)20-52-62(42)45)59-23-29(3)53-30(4)24-59)60(37)22-28(2)44(63)58-18-8-9-32(25-58)61-43-39(41(48)50-26-51-43)40(57-61)31-13-15-34(16-14-31)64-33-10-6-5-7-11-33/h5-7,10-17,19-20,26,29-30,32,53H,2,8-9,18,21-25H2,1,3-4H3,(H2,48,50,51)(H,49,55,56)/t29-,30+,32-/m1/s1. The molecule has 0 spiro atoms. The van der Waals surface area contributed by atoms with Crippen LogP contribution in [-0.4, -0.2) is 98.0 Å². The number of nitrogen functional groups attached to an aromatic ring is 1. The third-order valence-electron chi connectivity index (χ3n) is 11.8. The number of hydrogen-bond acceptors (Lipinski definition) is 13. The molecule has 0 radical (unpaired) electrons. The van der Waals surface area contributed by atoms with Crippen LogP contribution < -0.4 is 26.0 Å². The monoisotopic (exact) mass is 921 g/mol. The number of para-hydroxylation sites is 1. The van der Waals surface area contributed by atoms with E-state index in [0.29, 0.717) is 71.0 Å². The van der Waals surface area contributed by atoms with Gasteiger partial charge in [-0.2, -0.15) is 24.7 Å². The molecule has 3 atom stereocenters. The van der Waals surface area contributed by atoms with Crippen LogP contribution in [0.4, 0.5) is 17.7 Å². The van der Waals surface area contributed by atoms with E-state index in [0.717, 1.165) is 64.1 Å². The van der Waals surface area contributed by atoms with Gasteiger partial charge in [0.05, 0.1) is 46.2 Å². The Labute approximate surface area is 377 Å². The summed E-state index contributed by atoms with van der Waals surface area (Å²) in [6.07, 6.45) is 4.76. The van der Waals surface area contributed by atoms with Crippen molar-refractivity contribution in [3.63, 3.8) is 0 Å². The van der Waals surface area contributed by atoms with Gasteiger partial charge in [-0.15, -0.1) is 0 Å². The number of nitrogens with zero attached hydrogens (tertiary/aromatic N) is 12. The highest BCUT2D eigenvalue weighted by molar-refractivity contribution is 9.10. The number of nitrogens with one attached hydrogen (secondary N) is 2. The lowest BCUT2D eigenvalue weighted by molar-refractivity contribution is -0.129. The van der Waals surface area contributed by atoms with Gasteiger partial charge < -0.3 is 35.5 Å². The molecular formula is C46H48BrN15O2. The maximum absolute atomic E-state index is 14.4. The summed E-state index contributed by atoms with van der Waals surface area (Å²) in [5.74, 6) is 3.54. The number of fused-ring (bicyclic) bond motifs is 3. The number of imidazole rings is 1. The minimum atomic E-state index is -0.155. The number of aryl methyl sites for hydroxylation is 1. The lowest BCUT2D eigenvalue weighted by Crippen LogP contribution is -2.54. The second-order valence-corrected chi connectivity index (χ2v) is 17.6. The zero-order valence-electron chi connectivity index (χ0n) is 35.8. The van der Waals surface area contributed by atoms with E-state index in [-0.39, 0.29) is 30.6 Å². The summed E-state index contributed by atoms with van der Waals surface area (Å²) in [7, 11) is 0. The molecule has 0 bridgehead atoms. The molecule has 2 aliphatic rings. The van der Waals surface area contributed by atoms with Crippen molar-refractivity contribution in [3.05, 3.63) is 113 Å². The predicted octanol–water partition coefficient (Wildman–Crippen LogP) is 6.94. The van der Waals surface area contributed by atoms with E-state index < -0.39 is 0 Å². The van der Waals surface area contributed by atoms with Gasteiger partial charge in [0.1, 0.15) is 35.2 Å². The summed E-state index contributed by atoms with van der Waals surface area (Å²) >= 11 is 3.63. The van der Waals surface area contributed by atoms with Crippen LogP contribution in [0.2, 0.25) is 0 Å². The van der Waals surface area contributed by atoms with Crippen molar-refractivity contribution in [3.8, 4) is 22.8 Å². The van der Waals surface area contributed by atoms with E-state index in [1.54, 1.807) is 10.7 Å².